The SMILES string of the molecule is C.c1nc[nH]n1. The summed E-state index contributed by atoms with van der Waals surface area (Å²) in [5, 5.41) is 5.99. The molecule has 1 aromatic rings. The standard InChI is InChI=1S/C2H3N3.CH4/c1-3-2-5-4-1;/h1-2H,(H,3,4,5);1H4. The summed E-state index contributed by atoms with van der Waals surface area (Å²) in [5.41, 5.74) is 0. The highest BCUT2D eigenvalue weighted by molar-refractivity contribution is 4.43. The predicted molar refractivity (Wildman–Crippen MR) is 23.1 cm³/mol. The summed E-state index contributed by atoms with van der Waals surface area (Å²) in [4.78, 5) is 3.56. The second-order valence-corrected chi connectivity index (χ2v) is 0.652. The van der Waals surface area contributed by atoms with Gasteiger partial charge in [0.15, 0.2) is 0 Å². The van der Waals surface area contributed by atoms with Gasteiger partial charge in [-0.1, -0.05) is 7.43 Å². The topological polar surface area (TPSA) is 41.6 Å². The average molecular weight is 85.1 g/mol. The van der Waals surface area contributed by atoms with E-state index in [0.717, 1.165) is 0 Å². The maximum atomic E-state index is 3.56. The Balaban J connectivity index is 0.000000250. The summed E-state index contributed by atoms with van der Waals surface area (Å²) in [7, 11) is 0. The summed E-state index contributed by atoms with van der Waals surface area (Å²) in [5.74, 6) is 0. The highest BCUT2D eigenvalue weighted by atomic mass is 15.2. The van der Waals surface area contributed by atoms with E-state index in [4.69, 9.17) is 0 Å². The molecule has 0 spiro atoms. The van der Waals surface area contributed by atoms with Crippen molar-refractivity contribution in [1.82, 2.24) is 15.2 Å². The predicted octanol–water partition coefficient (Wildman–Crippen LogP) is 0.441. The molecule has 0 fully saturated rings. The number of H-pyrrole nitrogens is 1. The number of aromatic nitrogens is 3. The van der Waals surface area contributed by atoms with Gasteiger partial charge in [0.2, 0.25) is 0 Å². The molecule has 0 saturated carbocycles. The second-order valence-electron chi connectivity index (χ2n) is 0.652. The average Bonchev–Trinajstić information content (AvgIpc) is 1.76. The summed E-state index contributed by atoms with van der Waals surface area (Å²) < 4.78 is 0. The van der Waals surface area contributed by atoms with E-state index < -0.39 is 0 Å². The van der Waals surface area contributed by atoms with E-state index in [1.807, 2.05) is 0 Å². The van der Waals surface area contributed by atoms with Gasteiger partial charge >= 0.3 is 0 Å². The molecule has 1 rings (SSSR count). The maximum Gasteiger partial charge on any atom is 0.137 e. The van der Waals surface area contributed by atoms with E-state index in [2.05, 4.69) is 15.2 Å². The highest BCUT2D eigenvalue weighted by Gasteiger charge is 1.57. The Morgan fingerprint density at radius 1 is 1.50 bits per heavy atom. The van der Waals surface area contributed by atoms with Gasteiger partial charge in [0.1, 0.15) is 12.7 Å². The molecule has 34 valence electrons. The summed E-state index contributed by atoms with van der Waals surface area (Å²) >= 11 is 0. The maximum absolute atomic E-state index is 3.56. The first kappa shape index (κ1) is 5.14. The van der Waals surface area contributed by atoms with Crippen LogP contribution < -0.4 is 0 Å². The molecule has 1 aromatic heterocycles. The van der Waals surface area contributed by atoms with Crippen molar-refractivity contribution in [1.29, 1.82) is 0 Å². The summed E-state index contributed by atoms with van der Waals surface area (Å²) in [6.07, 6.45) is 2.96. The van der Waals surface area contributed by atoms with Crippen molar-refractivity contribution in [3.63, 3.8) is 0 Å². The Morgan fingerprint density at radius 3 is 2.50 bits per heavy atom. The van der Waals surface area contributed by atoms with Gasteiger partial charge in [-0.25, -0.2) is 4.98 Å². The molecular weight excluding hydrogens is 78.1 g/mol. The Hall–Kier alpha value is -0.860. The van der Waals surface area contributed by atoms with Gasteiger partial charge in [0.05, 0.1) is 0 Å². The minimum absolute atomic E-state index is 0. The molecule has 6 heavy (non-hydrogen) atoms. The molecule has 0 radical (unpaired) electrons. The molecule has 0 saturated heterocycles. The molecule has 0 aromatic carbocycles. The van der Waals surface area contributed by atoms with Crippen LogP contribution in [0.1, 0.15) is 7.43 Å². The Labute approximate surface area is 36.4 Å². The van der Waals surface area contributed by atoms with E-state index in [0.29, 0.717) is 0 Å². The molecule has 0 atom stereocenters. The molecule has 0 unspecified atom stereocenters. The smallest absolute Gasteiger partial charge is 0.137 e. The van der Waals surface area contributed by atoms with Gasteiger partial charge in [-0.3, -0.25) is 5.10 Å². The first-order valence-electron chi connectivity index (χ1n) is 1.29. The first-order valence-corrected chi connectivity index (χ1v) is 1.29. The van der Waals surface area contributed by atoms with Crippen molar-refractivity contribution in [2.75, 3.05) is 0 Å². The fraction of sp³-hybridized carbons (Fsp3) is 0.333. The molecule has 0 aliphatic carbocycles. The zero-order valence-corrected chi connectivity index (χ0v) is 2.55. The molecule has 3 heteroatoms. The lowest BCUT2D eigenvalue weighted by molar-refractivity contribution is 1.09. The third-order valence-electron chi connectivity index (χ3n) is 0.331. The fourth-order valence-electron chi connectivity index (χ4n) is 0.167. The normalized spacial score (nSPS) is 6.67. The molecular formula is C3H7N3. The minimum atomic E-state index is 0. The molecule has 0 aliphatic rings. The molecule has 0 amide bonds. The minimum Gasteiger partial charge on any atom is -0.266 e. The zero-order chi connectivity index (χ0) is 3.54. The quantitative estimate of drug-likeness (QED) is 0.496. The van der Waals surface area contributed by atoms with Crippen LogP contribution in [0.5, 0.6) is 0 Å². The van der Waals surface area contributed by atoms with E-state index in [1.54, 1.807) is 0 Å². The van der Waals surface area contributed by atoms with Crippen LogP contribution in [0.3, 0.4) is 0 Å². The Morgan fingerprint density at radius 2 is 2.33 bits per heavy atom. The van der Waals surface area contributed by atoms with Crippen LogP contribution in [0.25, 0.3) is 0 Å². The third kappa shape index (κ3) is 0.839. The van der Waals surface area contributed by atoms with Crippen molar-refractivity contribution < 1.29 is 0 Å². The lowest BCUT2D eigenvalue weighted by Crippen LogP contribution is -1.53. The third-order valence-corrected chi connectivity index (χ3v) is 0.331. The Bertz CT molecular complexity index is 62.5. The van der Waals surface area contributed by atoms with E-state index in [1.165, 1.54) is 12.7 Å². The van der Waals surface area contributed by atoms with Crippen LogP contribution >= 0.6 is 0 Å². The van der Waals surface area contributed by atoms with Crippen molar-refractivity contribution in [3.05, 3.63) is 12.7 Å². The van der Waals surface area contributed by atoms with Crippen LogP contribution in [0.15, 0.2) is 12.7 Å². The van der Waals surface area contributed by atoms with Crippen molar-refractivity contribution in [3.8, 4) is 0 Å². The van der Waals surface area contributed by atoms with Crippen molar-refractivity contribution >= 4 is 0 Å². The first-order chi connectivity index (χ1) is 2.50. The van der Waals surface area contributed by atoms with E-state index in [9.17, 15) is 0 Å². The lowest BCUT2D eigenvalue weighted by atomic mass is 11.3. The van der Waals surface area contributed by atoms with Gasteiger partial charge in [-0.05, 0) is 0 Å². The van der Waals surface area contributed by atoms with Gasteiger partial charge in [0.25, 0.3) is 0 Å². The lowest BCUT2D eigenvalue weighted by Gasteiger charge is -1.46. The monoisotopic (exact) mass is 85.1 g/mol. The molecule has 0 bridgehead atoms. The van der Waals surface area contributed by atoms with Crippen molar-refractivity contribution in [2.45, 2.75) is 7.43 Å². The van der Waals surface area contributed by atoms with Crippen molar-refractivity contribution in [2.24, 2.45) is 0 Å². The zero-order valence-electron chi connectivity index (χ0n) is 2.55. The Kier molecular flexibility index (Phi) is 2.04. The number of aromatic amines is 1. The summed E-state index contributed by atoms with van der Waals surface area (Å²) in [6, 6.07) is 0. The highest BCUT2D eigenvalue weighted by Crippen LogP contribution is 1.53. The van der Waals surface area contributed by atoms with Crippen LogP contribution in [-0.2, 0) is 0 Å². The molecule has 1 heterocycles. The van der Waals surface area contributed by atoms with Gasteiger partial charge < -0.3 is 0 Å². The fourth-order valence-corrected chi connectivity index (χ4v) is 0.167. The molecule has 0 aliphatic heterocycles. The number of rotatable bonds is 0. The molecule has 1 N–H and O–H groups in total. The largest absolute Gasteiger partial charge is 0.266 e. The second kappa shape index (κ2) is 2.38. The van der Waals surface area contributed by atoms with Crippen LogP contribution in [-0.4, -0.2) is 15.2 Å². The number of hydrogen-bond acceptors (Lipinski definition) is 2. The van der Waals surface area contributed by atoms with E-state index >= 15 is 0 Å². The molecule has 3 nitrogen and oxygen atoms in total. The van der Waals surface area contributed by atoms with Gasteiger partial charge in [0, 0.05) is 0 Å². The van der Waals surface area contributed by atoms with E-state index in [-0.39, 0.29) is 7.43 Å². The number of nitrogens with zero attached hydrogens (tertiary/aromatic N) is 2. The van der Waals surface area contributed by atoms with Gasteiger partial charge in [-0.15, -0.1) is 0 Å². The van der Waals surface area contributed by atoms with Crippen LogP contribution in [0.2, 0.25) is 0 Å². The summed E-state index contributed by atoms with van der Waals surface area (Å²) in [6.45, 7) is 0. The van der Waals surface area contributed by atoms with Gasteiger partial charge in [-0.2, -0.15) is 5.10 Å². The van der Waals surface area contributed by atoms with Crippen LogP contribution in [0, 0.1) is 0 Å². The number of hydrogen-bond donors (Lipinski definition) is 1. The van der Waals surface area contributed by atoms with Crippen LogP contribution in [0.4, 0.5) is 0 Å². The number of nitrogens with one attached hydrogen (secondary N) is 1.